The number of nitrogens with one attached hydrogen (secondary N) is 1. The first-order chi connectivity index (χ1) is 11.5. The van der Waals surface area contributed by atoms with Crippen LogP contribution in [0.1, 0.15) is 30.5 Å². The molecular weight excluding hydrogens is 302 g/mol. The minimum atomic E-state index is -0.547. The number of carbonyl (C=O) groups excluding carboxylic acids is 1. The Morgan fingerprint density at radius 3 is 2.46 bits per heavy atom. The van der Waals surface area contributed by atoms with E-state index in [9.17, 15) is 4.79 Å². The van der Waals surface area contributed by atoms with Gasteiger partial charge in [0, 0.05) is 6.54 Å². The Morgan fingerprint density at radius 2 is 1.83 bits per heavy atom. The summed E-state index contributed by atoms with van der Waals surface area (Å²) in [5.41, 5.74) is 3.22. The first-order valence-corrected chi connectivity index (χ1v) is 8.23. The van der Waals surface area contributed by atoms with Crippen molar-refractivity contribution in [3.63, 3.8) is 0 Å². The molecule has 2 aromatic rings. The third kappa shape index (κ3) is 5.01. The Bertz CT molecular complexity index is 680. The van der Waals surface area contributed by atoms with Crippen LogP contribution in [0.15, 0.2) is 42.5 Å². The zero-order valence-corrected chi connectivity index (χ0v) is 14.8. The highest BCUT2D eigenvalue weighted by Crippen LogP contribution is 2.20. The Kier molecular flexibility index (Phi) is 6.24. The predicted molar refractivity (Wildman–Crippen MR) is 95.5 cm³/mol. The molecule has 0 radical (unpaired) electrons. The van der Waals surface area contributed by atoms with Crippen LogP contribution in [-0.2, 0) is 11.3 Å². The van der Waals surface area contributed by atoms with Gasteiger partial charge in [0.1, 0.15) is 11.5 Å². The van der Waals surface area contributed by atoms with Gasteiger partial charge in [-0.05, 0) is 57.0 Å². The van der Waals surface area contributed by atoms with E-state index in [1.807, 2.05) is 63.2 Å². The van der Waals surface area contributed by atoms with Crippen LogP contribution in [0.4, 0.5) is 0 Å². The molecule has 0 aliphatic carbocycles. The minimum Gasteiger partial charge on any atom is -0.494 e. The van der Waals surface area contributed by atoms with Crippen molar-refractivity contribution in [2.24, 2.45) is 0 Å². The fraction of sp³-hybridized carbons (Fsp3) is 0.350. The molecule has 4 heteroatoms. The van der Waals surface area contributed by atoms with E-state index >= 15 is 0 Å². The number of carbonyl (C=O) groups is 1. The Balaban J connectivity index is 1.87. The number of ether oxygens (including phenoxy) is 2. The number of amides is 1. The maximum absolute atomic E-state index is 12.2. The molecule has 128 valence electrons. The van der Waals surface area contributed by atoms with Gasteiger partial charge in [-0.25, -0.2) is 0 Å². The average molecular weight is 327 g/mol. The van der Waals surface area contributed by atoms with E-state index in [0.717, 1.165) is 22.6 Å². The van der Waals surface area contributed by atoms with Crippen LogP contribution in [-0.4, -0.2) is 18.6 Å². The highest BCUT2D eigenvalue weighted by Gasteiger charge is 2.15. The van der Waals surface area contributed by atoms with Gasteiger partial charge < -0.3 is 14.8 Å². The first-order valence-electron chi connectivity index (χ1n) is 8.23. The molecule has 2 aromatic carbocycles. The lowest BCUT2D eigenvalue weighted by molar-refractivity contribution is -0.127. The van der Waals surface area contributed by atoms with E-state index in [-0.39, 0.29) is 5.91 Å². The Labute approximate surface area is 143 Å². The molecule has 1 amide bonds. The monoisotopic (exact) mass is 327 g/mol. The summed E-state index contributed by atoms with van der Waals surface area (Å²) in [7, 11) is 0. The van der Waals surface area contributed by atoms with E-state index < -0.39 is 6.10 Å². The van der Waals surface area contributed by atoms with Gasteiger partial charge in [0.2, 0.25) is 0 Å². The SMILES string of the molecule is CCOc1ccc(CNC(=O)C(C)Oc2ccc(C)cc2C)cc1. The number of hydrogen-bond donors (Lipinski definition) is 1. The molecule has 1 N–H and O–H groups in total. The van der Waals surface area contributed by atoms with Crippen LogP contribution in [0.25, 0.3) is 0 Å². The highest BCUT2D eigenvalue weighted by molar-refractivity contribution is 5.80. The van der Waals surface area contributed by atoms with Crippen molar-refractivity contribution in [1.82, 2.24) is 5.32 Å². The first kappa shape index (κ1) is 17.9. The zero-order valence-electron chi connectivity index (χ0n) is 14.8. The van der Waals surface area contributed by atoms with Crippen LogP contribution in [0.3, 0.4) is 0 Å². The lowest BCUT2D eigenvalue weighted by Gasteiger charge is -2.16. The Hall–Kier alpha value is -2.49. The van der Waals surface area contributed by atoms with Crippen LogP contribution in [0.5, 0.6) is 11.5 Å². The molecule has 0 saturated heterocycles. The number of hydrogen-bond acceptors (Lipinski definition) is 3. The topological polar surface area (TPSA) is 47.6 Å². The van der Waals surface area contributed by atoms with Crippen LogP contribution in [0.2, 0.25) is 0 Å². The van der Waals surface area contributed by atoms with Gasteiger partial charge >= 0.3 is 0 Å². The van der Waals surface area contributed by atoms with Crippen LogP contribution >= 0.6 is 0 Å². The number of rotatable bonds is 7. The summed E-state index contributed by atoms with van der Waals surface area (Å²) < 4.78 is 11.2. The molecule has 0 aromatic heterocycles. The van der Waals surface area contributed by atoms with Crippen molar-refractivity contribution in [3.05, 3.63) is 59.2 Å². The van der Waals surface area contributed by atoms with Crippen molar-refractivity contribution >= 4 is 5.91 Å². The van der Waals surface area contributed by atoms with Crippen molar-refractivity contribution < 1.29 is 14.3 Å². The van der Waals surface area contributed by atoms with Gasteiger partial charge in [0.05, 0.1) is 6.61 Å². The predicted octanol–water partition coefficient (Wildman–Crippen LogP) is 3.79. The van der Waals surface area contributed by atoms with Gasteiger partial charge in [-0.3, -0.25) is 4.79 Å². The second-order valence-electron chi connectivity index (χ2n) is 5.82. The molecule has 0 bridgehead atoms. The van der Waals surface area contributed by atoms with Crippen LogP contribution < -0.4 is 14.8 Å². The van der Waals surface area contributed by atoms with E-state index in [4.69, 9.17) is 9.47 Å². The summed E-state index contributed by atoms with van der Waals surface area (Å²) in [6.07, 6.45) is -0.547. The summed E-state index contributed by atoms with van der Waals surface area (Å²) in [6, 6.07) is 13.6. The maximum atomic E-state index is 12.2. The molecule has 2 rings (SSSR count). The van der Waals surface area contributed by atoms with Gasteiger partial charge in [-0.2, -0.15) is 0 Å². The summed E-state index contributed by atoms with van der Waals surface area (Å²) in [4.78, 5) is 12.2. The minimum absolute atomic E-state index is 0.135. The normalized spacial score (nSPS) is 11.7. The molecule has 0 heterocycles. The standard InChI is InChI=1S/C20H25NO3/c1-5-23-18-9-7-17(8-10-18)13-21-20(22)16(4)24-19-11-6-14(2)12-15(19)3/h6-12,16H,5,13H2,1-4H3,(H,21,22). The largest absolute Gasteiger partial charge is 0.494 e. The molecule has 0 aliphatic rings. The molecule has 0 spiro atoms. The van der Waals surface area contributed by atoms with Crippen molar-refractivity contribution in [3.8, 4) is 11.5 Å². The number of benzene rings is 2. The highest BCUT2D eigenvalue weighted by atomic mass is 16.5. The zero-order chi connectivity index (χ0) is 17.5. The molecular formula is C20H25NO3. The maximum Gasteiger partial charge on any atom is 0.261 e. The van der Waals surface area contributed by atoms with Gasteiger partial charge in [0.15, 0.2) is 6.10 Å². The molecule has 24 heavy (non-hydrogen) atoms. The lowest BCUT2D eigenvalue weighted by atomic mass is 10.1. The van der Waals surface area contributed by atoms with E-state index in [1.165, 1.54) is 5.56 Å². The molecule has 4 nitrogen and oxygen atoms in total. The molecule has 0 fully saturated rings. The number of aryl methyl sites for hydroxylation is 2. The second kappa shape index (κ2) is 8.39. The lowest BCUT2D eigenvalue weighted by Crippen LogP contribution is -2.36. The van der Waals surface area contributed by atoms with Crippen LogP contribution in [0, 0.1) is 13.8 Å². The molecule has 1 unspecified atom stereocenters. The molecule has 0 aliphatic heterocycles. The van der Waals surface area contributed by atoms with Gasteiger partial charge in [-0.1, -0.05) is 29.8 Å². The van der Waals surface area contributed by atoms with E-state index in [1.54, 1.807) is 6.92 Å². The third-order valence-corrected chi connectivity index (χ3v) is 3.70. The molecule has 1 atom stereocenters. The van der Waals surface area contributed by atoms with Gasteiger partial charge in [0.25, 0.3) is 5.91 Å². The van der Waals surface area contributed by atoms with Gasteiger partial charge in [-0.15, -0.1) is 0 Å². The van der Waals surface area contributed by atoms with Crippen molar-refractivity contribution in [2.75, 3.05) is 6.61 Å². The summed E-state index contributed by atoms with van der Waals surface area (Å²) in [5, 5.41) is 2.90. The fourth-order valence-corrected chi connectivity index (χ4v) is 2.38. The molecule has 0 saturated carbocycles. The summed E-state index contributed by atoms with van der Waals surface area (Å²) in [6.45, 7) is 8.82. The van der Waals surface area contributed by atoms with Crippen molar-refractivity contribution in [1.29, 1.82) is 0 Å². The average Bonchev–Trinajstić information content (AvgIpc) is 2.56. The summed E-state index contributed by atoms with van der Waals surface area (Å²) >= 11 is 0. The second-order valence-corrected chi connectivity index (χ2v) is 5.82. The smallest absolute Gasteiger partial charge is 0.261 e. The Morgan fingerprint density at radius 1 is 1.12 bits per heavy atom. The van der Waals surface area contributed by atoms with E-state index in [0.29, 0.717) is 13.2 Å². The van der Waals surface area contributed by atoms with E-state index in [2.05, 4.69) is 5.32 Å². The fourth-order valence-electron chi connectivity index (χ4n) is 2.38. The quantitative estimate of drug-likeness (QED) is 0.842. The summed E-state index contributed by atoms with van der Waals surface area (Å²) in [5.74, 6) is 1.44. The third-order valence-electron chi connectivity index (χ3n) is 3.70. The van der Waals surface area contributed by atoms with Crippen molar-refractivity contribution in [2.45, 2.75) is 40.3 Å².